The van der Waals surface area contributed by atoms with E-state index in [1.807, 2.05) is 30.3 Å². The van der Waals surface area contributed by atoms with E-state index in [0.717, 1.165) is 11.3 Å². The quantitative estimate of drug-likeness (QED) is 0.678. The molecule has 2 N–H and O–H groups in total. The molecule has 0 bridgehead atoms. The van der Waals surface area contributed by atoms with Crippen molar-refractivity contribution in [2.75, 3.05) is 0 Å². The van der Waals surface area contributed by atoms with Crippen LogP contribution in [0.3, 0.4) is 0 Å². The van der Waals surface area contributed by atoms with Gasteiger partial charge in [-0.1, -0.05) is 41.9 Å². The topological polar surface area (TPSA) is 71.5 Å². The van der Waals surface area contributed by atoms with E-state index in [1.165, 1.54) is 6.07 Å². The lowest BCUT2D eigenvalue weighted by Gasteiger charge is -2.10. The number of rotatable bonds is 5. The van der Waals surface area contributed by atoms with Gasteiger partial charge in [-0.25, -0.2) is 9.19 Å². The van der Waals surface area contributed by atoms with E-state index >= 15 is 0 Å². The molecular weight excluding hydrogens is 348 g/mol. The Hall–Kier alpha value is -1.99. The summed E-state index contributed by atoms with van der Waals surface area (Å²) in [5, 5.41) is 11.3. The van der Waals surface area contributed by atoms with Crippen LogP contribution in [0.25, 0.3) is 10.9 Å². The minimum atomic E-state index is -1.93. The minimum Gasteiger partial charge on any atom is -0.504 e. The van der Waals surface area contributed by atoms with Crippen molar-refractivity contribution in [1.29, 1.82) is 0 Å². The zero-order chi connectivity index (χ0) is 17.1. The summed E-state index contributed by atoms with van der Waals surface area (Å²) in [5.74, 6) is -0.196. The summed E-state index contributed by atoms with van der Waals surface area (Å²) in [6.45, 7) is 2.18. The molecule has 0 aliphatic heterocycles. The molecule has 7 heteroatoms. The first-order valence-corrected chi connectivity index (χ1v) is 8.66. The molecule has 0 fully saturated rings. The number of pyridine rings is 1. The third-order valence-corrected chi connectivity index (χ3v) is 4.69. The smallest absolute Gasteiger partial charge is 0.210 e. The van der Waals surface area contributed by atoms with Crippen LogP contribution in [0, 0.1) is 6.92 Å². The van der Waals surface area contributed by atoms with Crippen LogP contribution >= 0.6 is 11.6 Å². The van der Waals surface area contributed by atoms with Gasteiger partial charge in [-0.15, -0.1) is 0 Å². The van der Waals surface area contributed by atoms with Crippen molar-refractivity contribution in [1.82, 2.24) is 10.5 Å². The SMILES string of the molecule is Cc1ccc2c(Cl)cc(S(=O)ONCc3ccccc3)c(O)c2n1. The summed E-state index contributed by atoms with van der Waals surface area (Å²) in [5.41, 5.74) is 4.64. The maximum Gasteiger partial charge on any atom is 0.210 e. The number of halogens is 1. The zero-order valence-corrected chi connectivity index (χ0v) is 14.4. The van der Waals surface area contributed by atoms with Gasteiger partial charge < -0.3 is 5.11 Å². The second kappa shape index (κ2) is 7.27. The maximum absolute atomic E-state index is 12.3. The van der Waals surface area contributed by atoms with Gasteiger partial charge in [0.1, 0.15) is 10.4 Å². The van der Waals surface area contributed by atoms with Crippen LogP contribution in [0.1, 0.15) is 11.3 Å². The van der Waals surface area contributed by atoms with Crippen molar-refractivity contribution in [3.8, 4) is 5.75 Å². The van der Waals surface area contributed by atoms with Crippen LogP contribution in [-0.2, 0) is 21.9 Å². The number of nitrogens with zero attached hydrogens (tertiary/aromatic N) is 1. The molecule has 24 heavy (non-hydrogen) atoms. The second-order valence-corrected chi connectivity index (χ2v) is 6.66. The Kier molecular flexibility index (Phi) is 5.11. The molecule has 1 unspecified atom stereocenters. The van der Waals surface area contributed by atoms with Gasteiger partial charge in [0.2, 0.25) is 11.1 Å². The van der Waals surface area contributed by atoms with Gasteiger partial charge >= 0.3 is 0 Å². The molecule has 1 atom stereocenters. The number of hydrogen-bond acceptors (Lipinski definition) is 5. The number of hydroxylamine groups is 1. The number of fused-ring (bicyclic) bond motifs is 1. The van der Waals surface area contributed by atoms with Crippen LogP contribution in [0.15, 0.2) is 53.4 Å². The molecule has 5 nitrogen and oxygen atoms in total. The summed E-state index contributed by atoms with van der Waals surface area (Å²) in [7, 11) is 0. The highest BCUT2D eigenvalue weighted by Gasteiger charge is 2.18. The molecular formula is C17H15ClN2O3S. The first-order valence-electron chi connectivity index (χ1n) is 7.21. The van der Waals surface area contributed by atoms with Crippen molar-refractivity contribution < 1.29 is 13.6 Å². The Bertz CT molecular complexity index is 903. The monoisotopic (exact) mass is 362 g/mol. The average molecular weight is 363 g/mol. The van der Waals surface area contributed by atoms with Gasteiger partial charge in [0.05, 0.1) is 5.02 Å². The van der Waals surface area contributed by atoms with Crippen LogP contribution in [0.4, 0.5) is 0 Å². The standard InChI is InChI=1S/C17H15ClN2O3S/c1-11-7-8-13-14(18)9-15(17(21)16(13)20-11)24(22)23-19-10-12-5-3-2-4-6-12/h2-9,19,21H,10H2,1H3. The first kappa shape index (κ1) is 16.9. The molecule has 1 aromatic heterocycles. The van der Waals surface area contributed by atoms with E-state index in [1.54, 1.807) is 19.1 Å². The van der Waals surface area contributed by atoms with Gasteiger partial charge in [-0.05, 0) is 30.7 Å². The lowest BCUT2D eigenvalue weighted by molar-refractivity contribution is 0.215. The van der Waals surface area contributed by atoms with Crippen LogP contribution in [0.2, 0.25) is 5.02 Å². The van der Waals surface area contributed by atoms with Crippen LogP contribution in [0.5, 0.6) is 5.75 Å². The summed E-state index contributed by atoms with van der Waals surface area (Å²) in [6.07, 6.45) is 0. The van der Waals surface area contributed by atoms with Crippen molar-refractivity contribution >= 4 is 33.6 Å². The molecule has 1 heterocycles. The van der Waals surface area contributed by atoms with Gasteiger partial charge in [-0.3, -0.25) is 0 Å². The highest BCUT2D eigenvalue weighted by atomic mass is 35.5. The number of aromatic hydroxyl groups is 1. The van der Waals surface area contributed by atoms with Crippen molar-refractivity contribution in [2.24, 2.45) is 0 Å². The molecule has 0 saturated heterocycles. The fraction of sp³-hybridized carbons (Fsp3) is 0.118. The van der Waals surface area contributed by atoms with Gasteiger partial charge in [-0.2, -0.15) is 9.76 Å². The molecule has 0 saturated carbocycles. The Morgan fingerprint density at radius 1 is 1.25 bits per heavy atom. The molecule has 0 spiro atoms. The number of aromatic nitrogens is 1. The number of phenols is 1. The molecule has 2 aromatic carbocycles. The van der Waals surface area contributed by atoms with E-state index in [9.17, 15) is 9.32 Å². The number of phenolic OH excluding ortho intramolecular Hbond substituents is 1. The van der Waals surface area contributed by atoms with E-state index in [2.05, 4.69) is 10.5 Å². The van der Waals surface area contributed by atoms with E-state index in [0.29, 0.717) is 22.5 Å². The fourth-order valence-corrected chi connectivity index (χ4v) is 3.29. The summed E-state index contributed by atoms with van der Waals surface area (Å²) < 4.78 is 17.4. The van der Waals surface area contributed by atoms with Gasteiger partial charge in [0, 0.05) is 17.6 Å². The van der Waals surface area contributed by atoms with Crippen molar-refractivity contribution in [3.05, 3.63) is 64.8 Å². The molecule has 0 aliphatic carbocycles. The number of aryl methyl sites for hydroxylation is 1. The Morgan fingerprint density at radius 3 is 2.75 bits per heavy atom. The normalized spacial score (nSPS) is 12.4. The number of benzene rings is 2. The average Bonchev–Trinajstić information content (AvgIpc) is 2.58. The third kappa shape index (κ3) is 3.57. The van der Waals surface area contributed by atoms with Crippen molar-refractivity contribution in [2.45, 2.75) is 18.4 Å². The molecule has 3 rings (SSSR count). The zero-order valence-electron chi connectivity index (χ0n) is 12.8. The van der Waals surface area contributed by atoms with Crippen LogP contribution < -0.4 is 5.48 Å². The predicted octanol–water partition coefficient (Wildman–Crippen LogP) is 3.65. The third-order valence-electron chi connectivity index (χ3n) is 3.44. The number of hydrogen-bond donors (Lipinski definition) is 2. The lowest BCUT2D eigenvalue weighted by atomic mass is 10.2. The highest BCUT2D eigenvalue weighted by molar-refractivity contribution is 7.80. The summed E-state index contributed by atoms with van der Waals surface area (Å²) in [4.78, 5) is 4.34. The fourth-order valence-electron chi connectivity index (χ4n) is 2.24. The Balaban J connectivity index is 1.81. The molecule has 124 valence electrons. The summed E-state index contributed by atoms with van der Waals surface area (Å²) in [6, 6.07) is 14.5. The van der Waals surface area contributed by atoms with E-state index < -0.39 is 11.1 Å². The van der Waals surface area contributed by atoms with Crippen molar-refractivity contribution in [3.63, 3.8) is 0 Å². The predicted molar refractivity (Wildman–Crippen MR) is 93.9 cm³/mol. The molecule has 0 amide bonds. The Labute approximate surface area is 146 Å². The second-order valence-electron chi connectivity index (χ2n) is 5.18. The minimum absolute atomic E-state index is 0.0751. The van der Waals surface area contributed by atoms with Crippen LogP contribution in [-0.4, -0.2) is 14.3 Å². The summed E-state index contributed by atoms with van der Waals surface area (Å²) >= 11 is 4.27. The lowest BCUT2D eigenvalue weighted by Crippen LogP contribution is -2.16. The van der Waals surface area contributed by atoms with E-state index in [4.69, 9.17) is 15.9 Å². The molecule has 0 radical (unpaired) electrons. The van der Waals surface area contributed by atoms with Gasteiger partial charge in [0.15, 0.2) is 5.75 Å². The van der Waals surface area contributed by atoms with Gasteiger partial charge in [0.25, 0.3) is 0 Å². The maximum atomic E-state index is 12.3. The molecule has 3 aromatic rings. The first-order chi connectivity index (χ1) is 11.6. The molecule has 0 aliphatic rings. The number of nitrogens with one attached hydrogen (secondary N) is 1. The largest absolute Gasteiger partial charge is 0.504 e. The highest BCUT2D eigenvalue weighted by Crippen LogP contribution is 2.35. The Morgan fingerprint density at radius 2 is 2.00 bits per heavy atom. The van der Waals surface area contributed by atoms with E-state index in [-0.39, 0.29) is 10.6 Å².